The van der Waals surface area contributed by atoms with Crippen LogP contribution in [0.5, 0.6) is 0 Å². The van der Waals surface area contributed by atoms with E-state index in [4.69, 9.17) is 5.21 Å². The maximum atomic E-state index is 11.1. The predicted molar refractivity (Wildman–Crippen MR) is 56.4 cm³/mol. The standard InChI is InChI=1S/C10H10BrNO2/c1-6-5-8(11)3-4-9(6)10(12-14)7(2)13/h3-5,14H,1-2H3/p+1. The number of halogens is 1. The molecule has 1 aromatic rings. The number of benzene rings is 1. The Morgan fingerprint density at radius 1 is 1.50 bits per heavy atom. The molecular weight excluding hydrogens is 246 g/mol. The Morgan fingerprint density at radius 2 is 2.14 bits per heavy atom. The average Bonchev–Trinajstić information content (AvgIpc) is 2.09. The molecule has 1 aromatic carbocycles. The van der Waals surface area contributed by atoms with E-state index < -0.39 is 0 Å². The van der Waals surface area contributed by atoms with E-state index in [-0.39, 0.29) is 11.5 Å². The van der Waals surface area contributed by atoms with Crippen molar-refractivity contribution in [1.29, 1.82) is 0 Å². The average molecular weight is 257 g/mol. The zero-order valence-corrected chi connectivity index (χ0v) is 9.55. The van der Waals surface area contributed by atoms with Gasteiger partial charge in [0.15, 0.2) is 0 Å². The van der Waals surface area contributed by atoms with Gasteiger partial charge in [-0.2, -0.15) is 0 Å². The number of hydrogen-bond donors (Lipinski definition) is 2. The summed E-state index contributed by atoms with van der Waals surface area (Å²) in [6.07, 6.45) is 0. The van der Waals surface area contributed by atoms with Gasteiger partial charge >= 0.3 is 0 Å². The topological polar surface area (TPSA) is 51.3 Å². The van der Waals surface area contributed by atoms with Crippen LogP contribution in [0.4, 0.5) is 0 Å². The second kappa shape index (κ2) is 4.37. The fourth-order valence-electron chi connectivity index (χ4n) is 1.24. The zero-order valence-electron chi connectivity index (χ0n) is 7.97. The van der Waals surface area contributed by atoms with Crippen LogP contribution in [0.2, 0.25) is 0 Å². The van der Waals surface area contributed by atoms with E-state index in [1.165, 1.54) is 6.92 Å². The van der Waals surface area contributed by atoms with Crippen LogP contribution in [0.3, 0.4) is 0 Å². The molecular formula is C10H11BrNO2+. The monoisotopic (exact) mass is 256 g/mol. The fraction of sp³-hybridized carbons (Fsp3) is 0.200. The molecule has 0 saturated heterocycles. The lowest BCUT2D eigenvalue weighted by atomic mass is 10.0. The normalized spacial score (nSPS) is 11.5. The maximum Gasteiger partial charge on any atom is 0.297 e. The van der Waals surface area contributed by atoms with Crippen molar-refractivity contribution in [3.8, 4) is 0 Å². The van der Waals surface area contributed by atoms with Crippen LogP contribution in [-0.2, 0) is 4.79 Å². The smallest absolute Gasteiger partial charge is 0.292 e. The fourth-order valence-corrected chi connectivity index (χ4v) is 1.71. The summed E-state index contributed by atoms with van der Waals surface area (Å²) in [4.78, 5) is 11.1. The molecule has 3 nitrogen and oxygen atoms in total. The van der Waals surface area contributed by atoms with Gasteiger partial charge in [0.1, 0.15) is 0 Å². The highest BCUT2D eigenvalue weighted by atomic mass is 79.9. The molecule has 0 aromatic heterocycles. The van der Waals surface area contributed by atoms with Crippen molar-refractivity contribution in [2.24, 2.45) is 0 Å². The highest BCUT2D eigenvalue weighted by Gasteiger charge is 2.18. The quantitative estimate of drug-likeness (QED) is 0.463. The summed E-state index contributed by atoms with van der Waals surface area (Å²) in [7, 11) is 0. The highest BCUT2D eigenvalue weighted by Crippen LogP contribution is 2.15. The summed E-state index contributed by atoms with van der Waals surface area (Å²) in [5.74, 6) is -0.196. The van der Waals surface area contributed by atoms with Crippen LogP contribution in [0.1, 0.15) is 18.1 Å². The van der Waals surface area contributed by atoms with Gasteiger partial charge < -0.3 is 0 Å². The second-order valence-electron chi connectivity index (χ2n) is 3.00. The number of ketones is 1. The number of hydrogen-bond acceptors (Lipinski definition) is 2. The summed E-state index contributed by atoms with van der Waals surface area (Å²) in [6, 6.07) is 5.48. The van der Waals surface area contributed by atoms with Gasteiger partial charge in [0, 0.05) is 11.4 Å². The summed E-state index contributed by atoms with van der Waals surface area (Å²) in [5, 5.41) is 10.8. The molecule has 0 aliphatic heterocycles. The van der Waals surface area contributed by atoms with Gasteiger partial charge in [-0.3, -0.25) is 10.0 Å². The van der Waals surface area contributed by atoms with Crippen LogP contribution < -0.4 is 5.16 Å². The van der Waals surface area contributed by atoms with E-state index in [1.54, 1.807) is 6.07 Å². The molecule has 0 spiro atoms. The Kier molecular flexibility index (Phi) is 3.41. The minimum Gasteiger partial charge on any atom is -0.292 e. The van der Waals surface area contributed by atoms with Crippen LogP contribution in [0.15, 0.2) is 22.7 Å². The van der Waals surface area contributed by atoms with E-state index in [9.17, 15) is 4.79 Å². The largest absolute Gasteiger partial charge is 0.297 e. The first kappa shape index (κ1) is 10.9. The molecule has 0 heterocycles. The van der Waals surface area contributed by atoms with Crippen LogP contribution >= 0.6 is 15.9 Å². The number of rotatable bonds is 2. The molecule has 0 saturated carbocycles. The number of carbonyl (C=O) groups is 1. The Morgan fingerprint density at radius 3 is 2.57 bits per heavy atom. The van der Waals surface area contributed by atoms with Crippen molar-refractivity contribution in [2.75, 3.05) is 0 Å². The first-order chi connectivity index (χ1) is 6.56. The van der Waals surface area contributed by atoms with Crippen molar-refractivity contribution in [2.45, 2.75) is 13.8 Å². The number of Topliss-reactive ketones (excluding diaryl/α,β-unsaturated/α-hetero) is 1. The molecule has 0 radical (unpaired) electrons. The summed E-state index contributed by atoms with van der Waals surface area (Å²) < 4.78 is 0.944. The van der Waals surface area contributed by atoms with Gasteiger partial charge in [0.2, 0.25) is 5.78 Å². The lowest BCUT2D eigenvalue weighted by Gasteiger charge is -2.01. The van der Waals surface area contributed by atoms with E-state index in [0.29, 0.717) is 5.56 Å². The molecule has 0 unspecified atom stereocenters. The van der Waals surface area contributed by atoms with E-state index in [2.05, 4.69) is 15.9 Å². The summed E-state index contributed by atoms with van der Waals surface area (Å²) in [6.45, 7) is 3.28. The molecule has 14 heavy (non-hydrogen) atoms. The van der Waals surface area contributed by atoms with Crippen molar-refractivity contribution < 1.29 is 15.2 Å². The van der Waals surface area contributed by atoms with Crippen LogP contribution in [0, 0.1) is 6.92 Å². The minimum absolute atomic E-state index is 0.196. The Balaban J connectivity index is 3.25. The second-order valence-corrected chi connectivity index (χ2v) is 3.92. The van der Waals surface area contributed by atoms with Gasteiger partial charge in [-0.25, -0.2) is 0 Å². The number of nitrogens with one attached hydrogen (secondary N) is 1. The van der Waals surface area contributed by atoms with E-state index in [0.717, 1.165) is 10.0 Å². The molecule has 4 heteroatoms. The number of aryl methyl sites for hydroxylation is 1. The van der Waals surface area contributed by atoms with Gasteiger partial charge in [-0.05, 0) is 35.8 Å². The first-order valence-electron chi connectivity index (χ1n) is 4.10. The summed E-state index contributed by atoms with van der Waals surface area (Å²) >= 11 is 3.33. The lowest BCUT2D eigenvalue weighted by Crippen LogP contribution is -2.71. The Bertz CT molecular complexity index is 399. The third-order valence-electron chi connectivity index (χ3n) is 1.92. The molecule has 0 bridgehead atoms. The van der Waals surface area contributed by atoms with Crippen molar-refractivity contribution in [3.05, 3.63) is 33.8 Å². The van der Waals surface area contributed by atoms with Gasteiger partial charge in [-0.1, -0.05) is 15.9 Å². The molecule has 0 atom stereocenters. The Hall–Kier alpha value is -1.16. The van der Waals surface area contributed by atoms with Crippen LogP contribution in [0.25, 0.3) is 0 Å². The third kappa shape index (κ3) is 2.20. The van der Waals surface area contributed by atoms with Crippen molar-refractivity contribution in [1.82, 2.24) is 0 Å². The molecule has 0 aliphatic carbocycles. The first-order valence-corrected chi connectivity index (χ1v) is 4.90. The molecule has 2 N–H and O–H groups in total. The van der Waals surface area contributed by atoms with Crippen molar-refractivity contribution in [3.63, 3.8) is 0 Å². The third-order valence-corrected chi connectivity index (χ3v) is 2.41. The van der Waals surface area contributed by atoms with E-state index in [1.807, 2.05) is 24.2 Å². The van der Waals surface area contributed by atoms with Crippen molar-refractivity contribution >= 4 is 27.4 Å². The minimum atomic E-state index is -0.196. The highest BCUT2D eigenvalue weighted by molar-refractivity contribution is 9.10. The molecule has 0 aliphatic rings. The van der Waals surface area contributed by atoms with Gasteiger partial charge in [0.05, 0.1) is 5.56 Å². The SMILES string of the molecule is CC(=O)C(=[NH+]O)c1ccc(Br)cc1C. The lowest BCUT2D eigenvalue weighted by molar-refractivity contribution is -0.736. The van der Waals surface area contributed by atoms with E-state index >= 15 is 0 Å². The molecule has 1 rings (SSSR count). The predicted octanol–water partition coefficient (Wildman–Crippen LogP) is 0.605. The van der Waals surface area contributed by atoms with Gasteiger partial charge in [0.25, 0.3) is 5.71 Å². The molecule has 74 valence electrons. The van der Waals surface area contributed by atoms with Crippen LogP contribution in [-0.4, -0.2) is 16.7 Å². The zero-order chi connectivity index (χ0) is 10.7. The summed E-state index contributed by atoms with van der Waals surface area (Å²) in [5.41, 5.74) is 1.85. The molecule has 0 fully saturated rings. The maximum absolute atomic E-state index is 11.1. The number of carbonyl (C=O) groups excluding carboxylic acids is 1. The Labute approximate surface area is 90.6 Å². The molecule has 0 amide bonds. The van der Waals surface area contributed by atoms with Gasteiger partial charge in [-0.15, -0.1) is 0 Å².